The van der Waals surface area contributed by atoms with Crippen LogP contribution in [-0.2, 0) is 13.3 Å². The Labute approximate surface area is 115 Å². The smallest absolute Gasteiger partial charge is 0.374 e. The fourth-order valence-corrected chi connectivity index (χ4v) is 5.58. The molecule has 4 heteroatoms. The van der Waals surface area contributed by atoms with Crippen molar-refractivity contribution in [3.05, 3.63) is 0 Å². The molecule has 3 nitrogen and oxygen atoms in total. The summed E-state index contributed by atoms with van der Waals surface area (Å²) in [6.45, 7) is 12.6. The van der Waals surface area contributed by atoms with E-state index in [0.29, 0.717) is 25.4 Å². The number of hydrogen-bond acceptors (Lipinski definition) is 3. The van der Waals surface area contributed by atoms with Crippen molar-refractivity contribution in [3.63, 3.8) is 0 Å². The lowest BCUT2D eigenvalue weighted by molar-refractivity contribution is 0.0588. The van der Waals surface area contributed by atoms with Gasteiger partial charge in [-0.05, 0) is 33.6 Å². The molecule has 0 aromatic carbocycles. The first-order valence-corrected chi connectivity index (χ1v) is 9.42. The van der Waals surface area contributed by atoms with E-state index in [0.717, 1.165) is 12.8 Å². The molecule has 0 fully saturated rings. The van der Waals surface area contributed by atoms with Crippen molar-refractivity contribution in [3.8, 4) is 0 Å². The monoisotopic (exact) mass is 276 g/mol. The van der Waals surface area contributed by atoms with Crippen LogP contribution >= 0.6 is 0 Å². The first kappa shape index (κ1) is 18.1. The second-order valence-electron chi connectivity index (χ2n) is 4.50. The third kappa shape index (κ3) is 5.82. The van der Waals surface area contributed by atoms with Crippen molar-refractivity contribution in [2.24, 2.45) is 0 Å². The van der Waals surface area contributed by atoms with Crippen molar-refractivity contribution in [2.45, 2.75) is 72.3 Å². The summed E-state index contributed by atoms with van der Waals surface area (Å²) >= 11 is 0. The lowest BCUT2D eigenvalue weighted by Gasteiger charge is -2.35. The second-order valence-corrected chi connectivity index (χ2v) is 7.39. The van der Waals surface area contributed by atoms with Crippen LogP contribution in [0.2, 0.25) is 5.54 Å². The first-order chi connectivity index (χ1) is 8.70. The van der Waals surface area contributed by atoms with E-state index in [9.17, 15) is 0 Å². The van der Waals surface area contributed by atoms with Crippen LogP contribution in [0.3, 0.4) is 0 Å². The maximum Gasteiger partial charge on any atom is 0.504 e. The van der Waals surface area contributed by atoms with E-state index in [2.05, 4.69) is 13.8 Å². The minimum atomic E-state index is -2.47. The molecule has 0 aromatic heterocycles. The van der Waals surface area contributed by atoms with Gasteiger partial charge in [0.25, 0.3) is 0 Å². The van der Waals surface area contributed by atoms with Crippen LogP contribution in [0.25, 0.3) is 0 Å². The summed E-state index contributed by atoms with van der Waals surface area (Å²) in [7, 11) is -2.47. The molecule has 0 bridgehead atoms. The van der Waals surface area contributed by atoms with Crippen LogP contribution in [0.15, 0.2) is 0 Å². The van der Waals surface area contributed by atoms with E-state index in [1.807, 2.05) is 20.8 Å². The van der Waals surface area contributed by atoms with E-state index >= 15 is 0 Å². The van der Waals surface area contributed by atoms with Gasteiger partial charge < -0.3 is 13.3 Å². The van der Waals surface area contributed by atoms with Crippen LogP contribution in [0.1, 0.15) is 66.7 Å². The zero-order valence-electron chi connectivity index (χ0n) is 13.0. The predicted octanol–water partition coefficient (Wildman–Crippen LogP) is 4.40. The molecule has 0 spiro atoms. The molecule has 0 aliphatic carbocycles. The Morgan fingerprint density at radius 2 is 1.28 bits per heavy atom. The largest absolute Gasteiger partial charge is 0.504 e. The summed E-state index contributed by atoms with van der Waals surface area (Å²) in [4.78, 5) is 0. The van der Waals surface area contributed by atoms with Crippen LogP contribution in [0, 0.1) is 0 Å². The third-order valence-corrected chi connectivity index (χ3v) is 6.96. The van der Waals surface area contributed by atoms with Gasteiger partial charge in [0.15, 0.2) is 0 Å². The Hall–Kier alpha value is 0.0969. The van der Waals surface area contributed by atoms with Gasteiger partial charge >= 0.3 is 8.80 Å². The van der Waals surface area contributed by atoms with Gasteiger partial charge in [-0.25, -0.2) is 0 Å². The van der Waals surface area contributed by atoms with Crippen molar-refractivity contribution < 1.29 is 13.3 Å². The van der Waals surface area contributed by atoms with Gasteiger partial charge in [-0.3, -0.25) is 0 Å². The predicted molar refractivity (Wildman–Crippen MR) is 78.8 cm³/mol. The summed E-state index contributed by atoms with van der Waals surface area (Å²) in [5.74, 6) is 0. The van der Waals surface area contributed by atoms with Gasteiger partial charge in [0, 0.05) is 25.4 Å². The molecule has 0 saturated carbocycles. The normalized spacial score (nSPS) is 13.8. The van der Waals surface area contributed by atoms with Gasteiger partial charge in [-0.15, -0.1) is 0 Å². The van der Waals surface area contributed by atoms with Crippen LogP contribution in [-0.4, -0.2) is 28.6 Å². The molecule has 0 radical (unpaired) electrons. The fraction of sp³-hybridized carbons (Fsp3) is 1.00. The number of hydrogen-bond donors (Lipinski definition) is 0. The molecule has 0 heterocycles. The summed E-state index contributed by atoms with van der Waals surface area (Å²) in [5.41, 5.74) is 0.448. The van der Waals surface area contributed by atoms with Crippen LogP contribution in [0.4, 0.5) is 0 Å². The average molecular weight is 276 g/mol. The zero-order valence-corrected chi connectivity index (χ0v) is 14.0. The summed E-state index contributed by atoms with van der Waals surface area (Å²) in [6.07, 6.45) is 6.03. The van der Waals surface area contributed by atoms with Gasteiger partial charge in [-0.2, -0.15) is 0 Å². The lowest BCUT2D eigenvalue weighted by atomic mass is 10.1. The van der Waals surface area contributed by atoms with Crippen molar-refractivity contribution in [1.82, 2.24) is 0 Å². The highest BCUT2D eigenvalue weighted by Crippen LogP contribution is 2.33. The minimum Gasteiger partial charge on any atom is -0.374 e. The molecule has 110 valence electrons. The summed E-state index contributed by atoms with van der Waals surface area (Å²) < 4.78 is 18.0. The molecule has 0 N–H and O–H groups in total. The molecule has 0 aliphatic rings. The first-order valence-electron chi connectivity index (χ1n) is 7.62. The maximum absolute atomic E-state index is 5.99. The SMILES string of the molecule is CCCCCC(CC)[Si](OCC)(OCC)OCC. The topological polar surface area (TPSA) is 27.7 Å². The minimum absolute atomic E-state index is 0.448. The van der Waals surface area contributed by atoms with Crippen molar-refractivity contribution >= 4 is 8.80 Å². The van der Waals surface area contributed by atoms with Gasteiger partial charge in [0.2, 0.25) is 0 Å². The number of rotatable bonds is 12. The van der Waals surface area contributed by atoms with Crippen molar-refractivity contribution in [2.75, 3.05) is 19.8 Å². The third-order valence-electron chi connectivity index (χ3n) is 3.19. The highest BCUT2D eigenvalue weighted by Gasteiger charge is 2.47. The average Bonchev–Trinajstić information content (AvgIpc) is 2.35. The molecule has 18 heavy (non-hydrogen) atoms. The fourth-order valence-electron chi connectivity index (χ4n) is 2.35. The van der Waals surface area contributed by atoms with E-state index < -0.39 is 8.80 Å². The standard InChI is InChI=1S/C14H32O3Si/c1-6-11-12-13-14(7-2)18(15-8-3,16-9-4)17-10-5/h14H,6-13H2,1-5H3. The zero-order chi connectivity index (χ0) is 13.9. The molecule has 0 rings (SSSR count). The van der Waals surface area contributed by atoms with Crippen molar-refractivity contribution in [1.29, 1.82) is 0 Å². The summed E-state index contributed by atoms with van der Waals surface area (Å²) in [5, 5.41) is 0. The molecule has 0 aromatic rings. The Morgan fingerprint density at radius 1 is 0.778 bits per heavy atom. The Balaban J connectivity index is 4.71. The van der Waals surface area contributed by atoms with E-state index in [1.54, 1.807) is 0 Å². The van der Waals surface area contributed by atoms with Crippen LogP contribution in [0.5, 0.6) is 0 Å². The van der Waals surface area contributed by atoms with Gasteiger partial charge in [0.1, 0.15) is 0 Å². The highest BCUT2D eigenvalue weighted by molar-refractivity contribution is 6.62. The maximum atomic E-state index is 5.99. The summed E-state index contributed by atoms with van der Waals surface area (Å²) in [6, 6.07) is 0. The van der Waals surface area contributed by atoms with Gasteiger partial charge in [0.05, 0.1) is 0 Å². The van der Waals surface area contributed by atoms with E-state index in [1.165, 1.54) is 19.3 Å². The molecular weight excluding hydrogens is 244 g/mol. The molecule has 1 atom stereocenters. The Morgan fingerprint density at radius 3 is 1.61 bits per heavy atom. The molecule has 0 aliphatic heterocycles. The Kier molecular flexibility index (Phi) is 11.0. The quantitative estimate of drug-likeness (QED) is 0.391. The van der Waals surface area contributed by atoms with Gasteiger partial charge in [-0.1, -0.05) is 33.1 Å². The second kappa shape index (κ2) is 11.0. The number of unbranched alkanes of at least 4 members (excludes halogenated alkanes) is 2. The molecule has 0 amide bonds. The van der Waals surface area contributed by atoms with E-state index in [4.69, 9.17) is 13.3 Å². The molecular formula is C14H32O3Si. The van der Waals surface area contributed by atoms with E-state index in [-0.39, 0.29) is 0 Å². The molecule has 1 unspecified atom stereocenters. The Bertz CT molecular complexity index is 171. The molecule has 0 saturated heterocycles. The van der Waals surface area contributed by atoms with Crippen LogP contribution < -0.4 is 0 Å². The lowest BCUT2D eigenvalue weighted by Crippen LogP contribution is -2.50. The highest BCUT2D eigenvalue weighted by atomic mass is 28.4.